The molecule has 1 heteroatoms. The van der Waals surface area contributed by atoms with Crippen LogP contribution >= 0.6 is 0 Å². The van der Waals surface area contributed by atoms with Crippen LogP contribution in [0, 0.1) is 12.7 Å². The average molecular weight is 222 g/mol. The minimum absolute atomic E-state index is 0.0189. The molecule has 90 valence electrons. The number of aryl methyl sites for hydroxylation is 1. The molecular weight excluding hydrogens is 199 g/mol. The van der Waals surface area contributed by atoms with Gasteiger partial charge in [0.15, 0.2) is 0 Å². The Labute approximate surface area is 98.9 Å². The lowest BCUT2D eigenvalue weighted by molar-refractivity contribution is 0.507. The Morgan fingerprint density at radius 3 is 2.44 bits per heavy atom. The van der Waals surface area contributed by atoms with Gasteiger partial charge in [-0.3, -0.25) is 0 Å². The Hall–Kier alpha value is -0.850. The molecule has 1 atom stereocenters. The maximum absolute atomic E-state index is 13.9. The summed E-state index contributed by atoms with van der Waals surface area (Å²) in [6, 6.07) is 5.65. The van der Waals surface area contributed by atoms with E-state index in [1.807, 2.05) is 19.1 Å². The summed E-state index contributed by atoms with van der Waals surface area (Å²) in [7, 11) is 0. The average Bonchev–Trinajstić information content (AvgIpc) is 2.25. The van der Waals surface area contributed by atoms with Gasteiger partial charge in [-0.15, -0.1) is 0 Å². The van der Waals surface area contributed by atoms with Crippen molar-refractivity contribution in [3.63, 3.8) is 0 Å². The molecule has 16 heavy (non-hydrogen) atoms. The second-order valence-corrected chi connectivity index (χ2v) is 4.65. The van der Waals surface area contributed by atoms with E-state index in [-0.39, 0.29) is 5.82 Å². The van der Waals surface area contributed by atoms with Gasteiger partial charge >= 0.3 is 0 Å². The maximum atomic E-state index is 13.9. The fraction of sp³-hybridized carbons (Fsp3) is 0.600. The van der Waals surface area contributed by atoms with Gasteiger partial charge in [0.1, 0.15) is 5.82 Å². The van der Waals surface area contributed by atoms with E-state index in [0.29, 0.717) is 5.92 Å². The van der Waals surface area contributed by atoms with Crippen molar-refractivity contribution in [1.29, 1.82) is 0 Å². The van der Waals surface area contributed by atoms with Gasteiger partial charge < -0.3 is 0 Å². The lowest BCUT2D eigenvalue weighted by atomic mass is 9.89. The van der Waals surface area contributed by atoms with Gasteiger partial charge in [0.25, 0.3) is 0 Å². The highest BCUT2D eigenvalue weighted by molar-refractivity contribution is 5.26. The van der Waals surface area contributed by atoms with Crippen LogP contribution in [0.5, 0.6) is 0 Å². The van der Waals surface area contributed by atoms with Crippen molar-refractivity contribution in [1.82, 2.24) is 0 Å². The molecule has 0 N–H and O–H groups in total. The summed E-state index contributed by atoms with van der Waals surface area (Å²) >= 11 is 0. The molecule has 1 unspecified atom stereocenters. The largest absolute Gasteiger partial charge is 0.207 e. The van der Waals surface area contributed by atoms with Crippen LogP contribution in [0.4, 0.5) is 4.39 Å². The molecule has 1 rings (SSSR count). The quantitative estimate of drug-likeness (QED) is 0.620. The molecule has 0 radical (unpaired) electrons. The highest BCUT2D eigenvalue weighted by atomic mass is 19.1. The van der Waals surface area contributed by atoms with Gasteiger partial charge in [-0.25, -0.2) is 4.39 Å². The van der Waals surface area contributed by atoms with Crippen molar-refractivity contribution in [3.8, 4) is 0 Å². The number of rotatable bonds is 6. The van der Waals surface area contributed by atoms with Crippen molar-refractivity contribution < 1.29 is 4.39 Å². The van der Waals surface area contributed by atoms with E-state index < -0.39 is 0 Å². The van der Waals surface area contributed by atoms with Crippen LogP contribution in [0.15, 0.2) is 18.2 Å². The van der Waals surface area contributed by atoms with E-state index in [1.54, 1.807) is 6.07 Å². The molecule has 1 aromatic rings. The summed E-state index contributed by atoms with van der Waals surface area (Å²) in [6.07, 6.45) is 5.72. The van der Waals surface area contributed by atoms with Crippen molar-refractivity contribution in [2.45, 2.75) is 58.8 Å². The predicted octanol–water partition coefficient (Wildman–Crippen LogP) is 5.21. The molecule has 0 aliphatic rings. The molecule has 0 spiro atoms. The standard InChI is InChI=1S/C15H23F/c1-4-6-8-13(7-5-2)14-10-9-12(3)11-15(14)16/h9-11,13H,4-8H2,1-3H3. The van der Waals surface area contributed by atoms with Crippen LogP contribution in [-0.4, -0.2) is 0 Å². The number of hydrogen-bond acceptors (Lipinski definition) is 0. The molecule has 0 aliphatic carbocycles. The lowest BCUT2D eigenvalue weighted by Gasteiger charge is -2.17. The van der Waals surface area contributed by atoms with Crippen molar-refractivity contribution in [2.24, 2.45) is 0 Å². The smallest absolute Gasteiger partial charge is 0.126 e. The summed E-state index contributed by atoms with van der Waals surface area (Å²) in [6.45, 7) is 6.30. The second-order valence-electron chi connectivity index (χ2n) is 4.65. The van der Waals surface area contributed by atoms with Gasteiger partial charge in [0.05, 0.1) is 0 Å². The fourth-order valence-electron chi connectivity index (χ4n) is 2.22. The summed E-state index contributed by atoms with van der Waals surface area (Å²) in [4.78, 5) is 0. The van der Waals surface area contributed by atoms with Crippen LogP contribution < -0.4 is 0 Å². The van der Waals surface area contributed by atoms with E-state index >= 15 is 0 Å². The first-order valence-electron chi connectivity index (χ1n) is 6.45. The number of hydrogen-bond donors (Lipinski definition) is 0. The first-order valence-corrected chi connectivity index (χ1v) is 6.45. The van der Waals surface area contributed by atoms with E-state index in [0.717, 1.165) is 30.4 Å². The van der Waals surface area contributed by atoms with Crippen LogP contribution in [0.2, 0.25) is 0 Å². The van der Waals surface area contributed by atoms with E-state index in [2.05, 4.69) is 13.8 Å². The second kappa shape index (κ2) is 6.67. The zero-order valence-corrected chi connectivity index (χ0v) is 10.7. The van der Waals surface area contributed by atoms with Crippen LogP contribution in [-0.2, 0) is 0 Å². The van der Waals surface area contributed by atoms with Gasteiger partial charge in [-0.05, 0) is 42.9 Å². The SMILES string of the molecule is CCCCC(CCC)c1ccc(C)cc1F. The Kier molecular flexibility index (Phi) is 5.51. The zero-order valence-electron chi connectivity index (χ0n) is 10.7. The Bertz CT molecular complexity index is 317. The molecule has 0 heterocycles. The third-order valence-electron chi connectivity index (χ3n) is 3.14. The molecule has 0 fully saturated rings. The van der Waals surface area contributed by atoms with Crippen LogP contribution in [0.25, 0.3) is 0 Å². The Morgan fingerprint density at radius 1 is 1.12 bits per heavy atom. The molecule has 0 bridgehead atoms. The van der Waals surface area contributed by atoms with Crippen LogP contribution in [0.1, 0.15) is 63.0 Å². The minimum atomic E-state index is -0.0189. The van der Waals surface area contributed by atoms with E-state index in [1.165, 1.54) is 12.8 Å². The molecular formula is C15H23F. The third kappa shape index (κ3) is 3.62. The topological polar surface area (TPSA) is 0 Å². The van der Waals surface area contributed by atoms with Gasteiger partial charge in [0, 0.05) is 0 Å². The van der Waals surface area contributed by atoms with Crippen molar-refractivity contribution in [2.75, 3.05) is 0 Å². The number of benzene rings is 1. The van der Waals surface area contributed by atoms with Gasteiger partial charge in [-0.1, -0.05) is 45.2 Å². The van der Waals surface area contributed by atoms with Crippen LogP contribution in [0.3, 0.4) is 0 Å². The monoisotopic (exact) mass is 222 g/mol. The highest BCUT2D eigenvalue weighted by Crippen LogP contribution is 2.29. The van der Waals surface area contributed by atoms with Crippen molar-refractivity contribution >= 4 is 0 Å². The highest BCUT2D eigenvalue weighted by Gasteiger charge is 2.14. The Balaban J connectivity index is 2.82. The summed E-state index contributed by atoms with van der Waals surface area (Å²) in [5.41, 5.74) is 1.92. The minimum Gasteiger partial charge on any atom is -0.207 e. The third-order valence-corrected chi connectivity index (χ3v) is 3.14. The fourth-order valence-corrected chi connectivity index (χ4v) is 2.22. The number of unbranched alkanes of at least 4 members (excludes halogenated alkanes) is 1. The molecule has 0 nitrogen and oxygen atoms in total. The molecule has 0 aliphatic heterocycles. The Morgan fingerprint density at radius 2 is 1.88 bits per heavy atom. The maximum Gasteiger partial charge on any atom is 0.126 e. The first kappa shape index (κ1) is 13.2. The van der Waals surface area contributed by atoms with Gasteiger partial charge in [0.2, 0.25) is 0 Å². The summed E-state index contributed by atoms with van der Waals surface area (Å²) in [5.74, 6) is 0.389. The van der Waals surface area contributed by atoms with E-state index in [9.17, 15) is 4.39 Å². The molecule has 0 saturated heterocycles. The summed E-state index contributed by atoms with van der Waals surface area (Å²) in [5, 5.41) is 0. The van der Waals surface area contributed by atoms with Crippen molar-refractivity contribution in [3.05, 3.63) is 35.1 Å². The zero-order chi connectivity index (χ0) is 12.0. The molecule has 0 aromatic heterocycles. The molecule has 1 aromatic carbocycles. The lowest BCUT2D eigenvalue weighted by Crippen LogP contribution is -2.02. The van der Waals surface area contributed by atoms with Gasteiger partial charge in [-0.2, -0.15) is 0 Å². The normalized spacial score (nSPS) is 12.8. The predicted molar refractivity (Wildman–Crippen MR) is 68.3 cm³/mol. The molecule has 0 amide bonds. The summed E-state index contributed by atoms with van der Waals surface area (Å²) < 4.78 is 13.9. The first-order chi connectivity index (χ1) is 7.69. The molecule has 0 saturated carbocycles. The van der Waals surface area contributed by atoms with E-state index in [4.69, 9.17) is 0 Å². The number of halogens is 1.